The van der Waals surface area contributed by atoms with Crippen LogP contribution in [-0.2, 0) is 6.18 Å². The van der Waals surface area contributed by atoms with Crippen LogP contribution in [0.3, 0.4) is 0 Å². The highest BCUT2D eigenvalue weighted by atomic mass is 32.1. The highest BCUT2D eigenvalue weighted by Crippen LogP contribution is 2.41. The lowest BCUT2D eigenvalue weighted by Gasteiger charge is -2.29. The van der Waals surface area contributed by atoms with Crippen molar-refractivity contribution in [1.29, 1.82) is 0 Å². The minimum Gasteiger partial charge on any atom is -0.352 e. The molecule has 1 aliphatic heterocycles. The van der Waals surface area contributed by atoms with Crippen LogP contribution in [0.5, 0.6) is 0 Å². The standard InChI is InChI=1S/C25H28F3N5S/c1-16-14-20(17(2)33(16)19-9-7-8-18(15-19)25(26,27)28)23-22(21-10-5-6-11-29-21)30-24(34)32(23)13-12-31(3)4/h5-11,14-15,22-23H,12-13H2,1-4H3,(H,30,34)/t22-,23-/m1/s1. The quantitative estimate of drug-likeness (QED) is 0.493. The van der Waals surface area contributed by atoms with Gasteiger partial charge in [-0.25, -0.2) is 0 Å². The van der Waals surface area contributed by atoms with E-state index in [4.69, 9.17) is 12.2 Å². The third kappa shape index (κ3) is 4.67. The molecule has 0 radical (unpaired) electrons. The van der Waals surface area contributed by atoms with Gasteiger partial charge in [-0.3, -0.25) is 4.98 Å². The number of halogens is 3. The molecule has 2 aromatic heterocycles. The number of thiocarbonyl (C=S) groups is 1. The summed E-state index contributed by atoms with van der Waals surface area (Å²) in [6.07, 6.45) is -2.64. The van der Waals surface area contributed by atoms with Gasteiger partial charge in [0, 0.05) is 36.4 Å². The zero-order chi connectivity index (χ0) is 24.6. The van der Waals surface area contributed by atoms with Crippen molar-refractivity contribution < 1.29 is 13.2 Å². The number of aryl methyl sites for hydroxylation is 1. The second-order valence-corrected chi connectivity index (χ2v) is 9.22. The molecule has 0 spiro atoms. The molecule has 5 nitrogen and oxygen atoms in total. The molecule has 0 amide bonds. The lowest BCUT2D eigenvalue weighted by molar-refractivity contribution is -0.137. The van der Waals surface area contributed by atoms with Gasteiger partial charge in [-0.1, -0.05) is 12.1 Å². The normalized spacial score (nSPS) is 18.6. The van der Waals surface area contributed by atoms with Crippen LogP contribution in [0, 0.1) is 13.8 Å². The summed E-state index contributed by atoms with van der Waals surface area (Å²) in [6.45, 7) is 5.38. The van der Waals surface area contributed by atoms with E-state index in [1.807, 2.05) is 50.7 Å². The molecule has 0 saturated carbocycles. The maximum Gasteiger partial charge on any atom is 0.416 e. The van der Waals surface area contributed by atoms with Crippen LogP contribution in [0.4, 0.5) is 13.2 Å². The molecular formula is C25H28F3N5S. The van der Waals surface area contributed by atoms with Gasteiger partial charge < -0.3 is 19.7 Å². The molecule has 4 rings (SSSR count). The van der Waals surface area contributed by atoms with Gasteiger partial charge >= 0.3 is 6.18 Å². The van der Waals surface area contributed by atoms with E-state index in [1.165, 1.54) is 12.1 Å². The van der Waals surface area contributed by atoms with E-state index >= 15 is 0 Å². The number of aromatic nitrogens is 2. The number of nitrogens with one attached hydrogen (secondary N) is 1. The first-order chi connectivity index (χ1) is 16.1. The van der Waals surface area contributed by atoms with Crippen LogP contribution < -0.4 is 5.32 Å². The monoisotopic (exact) mass is 487 g/mol. The fourth-order valence-corrected chi connectivity index (χ4v) is 4.93. The molecule has 1 aliphatic rings. The molecule has 0 unspecified atom stereocenters. The molecule has 1 saturated heterocycles. The average molecular weight is 488 g/mol. The fourth-order valence-electron chi connectivity index (χ4n) is 4.60. The molecule has 0 aliphatic carbocycles. The minimum atomic E-state index is -4.40. The number of hydrogen-bond donors (Lipinski definition) is 1. The Labute approximate surface area is 203 Å². The van der Waals surface area contributed by atoms with Crippen molar-refractivity contribution in [2.24, 2.45) is 0 Å². The molecule has 9 heteroatoms. The second-order valence-electron chi connectivity index (χ2n) is 8.83. The second kappa shape index (κ2) is 9.38. The van der Waals surface area contributed by atoms with Gasteiger partial charge in [0.15, 0.2) is 5.11 Å². The van der Waals surface area contributed by atoms with Crippen molar-refractivity contribution in [2.45, 2.75) is 32.1 Å². The van der Waals surface area contributed by atoms with Crippen LogP contribution in [0.2, 0.25) is 0 Å². The van der Waals surface area contributed by atoms with Crippen molar-refractivity contribution in [3.05, 3.63) is 82.9 Å². The molecule has 2 atom stereocenters. The molecule has 180 valence electrons. The Kier molecular flexibility index (Phi) is 6.69. The van der Waals surface area contributed by atoms with Crippen LogP contribution >= 0.6 is 12.2 Å². The Bertz CT molecular complexity index is 1170. The predicted molar refractivity (Wildman–Crippen MR) is 131 cm³/mol. The smallest absolute Gasteiger partial charge is 0.352 e. The number of rotatable bonds is 6. The molecule has 3 aromatic rings. The van der Waals surface area contributed by atoms with Crippen molar-refractivity contribution in [1.82, 2.24) is 24.7 Å². The third-order valence-electron chi connectivity index (χ3n) is 6.21. The molecular weight excluding hydrogens is 459 g/mol. The first-order valence-corrected chi connectivity index (χ1v) is 11.5. The van der Waals surface area contributed by atoms with E-state index in [2.05, 4.69) is 26.2 Å². The summed E-state index contributed by atoms with van der Waals surface area (Å²) in [5.74, 6) is 0. The molecule has 1 N–H and O–H groups in total. The van der Waals surface area contributed by atoms with Crippen LogP contribution in [0.25, 0.3) is 5.69 Å². The zero-order valence-corrected chi connectivity index (χ0v) is 20.4. The first-order valence-electron chi connectivity index (χ1n) is 11.1. The Balaban J connectivity index is 1.81. The largest absolute Gasteiger partial charge is 0.416 e. The first kappa shape index (κ1) is 24.2. The number of nitrogens with zero attached hydrogens (tertiary/aromatic N) is 4. The van der Waals surface area contributed by atoms with Crippen molar-refractivity contribution >= 4 is 17.3 Å². The minimum absolute atomic E-state index is 0.145. The molecule has 1 fully saturated rings. The van der Waals surface area contributed by atoms with Gasteiger partial charge in [0.2, 0.25) is 0 Å². The van der Waals surface area contributed by atoms with Gasteiger partial charge in [0.1, 0.15) is 0 Å². The van der Waals surface area contributed by atoms with E-state index < -0.39 is 11.7 Å². The number of likely N-dealkylation sites (N-methyl/N-ethyl adjacent to an activating group) is 1. The van der Waals surface area contributed by atoms with Gasteiger partial charge in [-0.2, -0.15) is 13.2 Å². The third-order valence-corrected chi connectivity index (χ3v) is 6.56. The van der Waals surface area contributed by atoms with Gasteiger partial charge in [-0.05, 0) is 82.1 Å². The Morgan fingerprint density at radius 2 is 1.85 bits per heavy atom. The van der Waals surface area contributed by atoms with Crippen molar-refractivity contribution in [2.75, 3.05) is 27.2 Å². The molecule has 1 aromatic carbocycles. The Morgan fingerprint density at radius 3 is 2.50 bits per heavy atom. The fraction of sp³-hybridized carbons (Fsp3) is 0.360. The van der Waals surface area contributed by atoms with E-state index in [0.717, 1.165) is 35.3 Å². The lowest BCUT2D eigenvalue weighted by Crippen LogP contribution is -2.35. The summed E-state index contributed by atoms with van der Waals surface area (Å²) in [5, 5.41) is 4.08. The van der Waals surface area contributed by atoms with Crippen LogP contribution in [0.1, 0.15) is 40.3 Å². The maximum absolute atomic E-state index is 13.4. The SMILES string of the molecule is Cc1cc([C@@H]2[C@@H](c3ccccn3)NC(=S)N2CCN(C)C)c(C)n1-c1cccc(C(F)(F)F)c1. The average Bonchev–Trinajstić information content (AvgIpc) is 3.27. The lowest BCUT2D eigenvalue weighted by atomic mass is 9.96. The highest BCUT2D eigenvalue weighted by molar-refractivity contribution is 7.80. The summed E-state index contributed by atoms with van der Waals surface area (Å²) in [6, 6.07) is 13.0. The summed E-state index contributed by atoms with van der Waals surface area (Å²) in [5.41, 5.74) is 3.43. The van der Waals surface area contributed by atoms with E-state index in [0.29, 0.717) is 17.3 Å². The number of hydrogen-bond acceptors (Lipinski definition) is 3. The van der Waals surface area contributed by atoms with Gasteiger partial charge in [0.25, 0.3) is 0 Å². The van der Waals surface area contributed by atoms with Gasteiger partial charge in [-0.15, -0.1) is 0 Å². The molecule has 3 heterocycles. The Hall–Kier alpha value is -2.91. The maximum atomic E-state index is 13.4. The van der Waals surface area contributed by atoms with E-state index in [-0.39, 0.29) is 12.1 Å². The van der Waals surface area contributed by atoms with Crippen LogP contribution in [0.15, 0.2) is 54.7 Å². The highest BCUT2D eigenvalue weighted by Gasteiger charge is 2.41. The zero-order valence-electron chi connectivity index (χ0n) is 19.6. The van der Waals surface area contributed by atoms with Crippen molar-refractivity contribution in [3.63, 3.8) is 0 Å². The summed E-state index contributed by atoms with van der Waals surface area (Å²) >= 11 is 5.72. The Morgan fingerprint density at radius 1 is 1.09 bits per heavy atom. The molecule has 0 bridgehead atoms. The van der Waals surface area contributed by atoms with Crippen LogP contribution in [-0.4, -0.2) is 51.6 Å². The topological polar surface area (TPSA) is 36.3 Å². The number of benzene rings is 1. The van der Waals surface area contributed by atoms with E-state index in [9.17, 15) is 13.2 Å². The number of alkyl halides is 3. The van der Waals surface area contributed by atoms with Gasteiger partial charge in [0.05, 0.1) is 23.3 Å². The summed E-state index contributed by atoms with van der Waals surface area (Å²) in [4.78, 5) is 8.82. The molecule has 34 heavy (non-hydrogen) atoms. The van der Waals surface area contributed by atoms with E-state index in [1.54, 1.807) is 12.3 Å². The van der Waals surface area contributed by atoms with Crippen molar-refractivity contribution in [3.8, 4) is 5.69 Å². The summed E-state index contributed by atoms with van der Waals surface area (Å²) in [7, 11) is 4.02. The summed E-state index contributed by atoms with van der Waals surface area (Å²) < 4.78 is 42.0. The number of pyridine rings is 1. The predicted octanol–water partition coefficient (Wildman–Crippen LogP) is 5.04.